The first kappa shape index (κ1) is 22.2. The maximum atomic E-state index is 2.54. The molecule has 0 aliphatic heterocycles. The third-order valence-electron chi connectivity index (χ3n) is 5.43. The number of hydrogen-bond donors (Lipinski definition) is 0. The Hall–Kier alpha value is -0.820. The molecule has 0 saturated heterocycles. The highest BCUT2D eigenvalue weighted by atomic mass is 15.1. The molecule has 0 bridgehead atoms. The van der Waals surface area contributed by atoms with Crippen molar-refractivity contribution >= 4 is 0 Å². The Kier molecular flexibility index (Phi) is 14.8. The molecule has 0 amide bonds. The van der Waals surface area contributed by atoms with Crippen LogP contribution in [0.5, 0.6) is 0 Å². The molecule has 1 heteroatoms. The summed E-state index contributed by atoms with van der Waals surface area (Å²) in [5, 5.41) is 0. The van der Waals surface area contributed by atoms with Gasteiger partial charge >= 0.3 is 0 Å². The van der Waals surface area contributed by atoms with Gasteiger partial charge in [0.2, 0.25) is 0 Å². The highest BCUT2D eigenvalue weighted by molar-refractivity contribution is 5.14. The molecule has 1 aromatic carbocycles. The molecule has 0 spiro atoms. The number of nitrogens with zero attached hydrogens (tertiary/aromatic N) is 1. The monoisotopic (exact) mass is 345 g/mol. The van der Waals surface area contributed by atoms with Crippen LogP contribution < -0.4 is 0 Å². The Bertz CT molecular complexity index is 369. The summed E-state index contributed by atoms with van der Waals surface area (Å²) >= 11 is 0. The number of rotatable bonds is 17. The van der Waals surface area contributed by atoms with Crippen LogP contribution in [0.4, 0.5) is 0 Å². The lowest BCUT2D eigenvalue weighted by Gasteiger charge is -2.17. The molecule has 25 heavy (non-hydrogen) atoms. The van der Waals surface area contributed by atoms with Crippen LogP contribution in [0.3, 0.4) is 0 Å². The van der Waals surface area contributed by atoms with E-state index in [-0.39, 0.29) is 0 Å². The van der Waals surface area contributed by atoms with Gasteiger partial charge in [0.1, 0.15) is 0 Å². The Morgan fingerprint density at radius 1 is 0.560 bits per heavy atom. The van der Waals surface area contributed by atoms with Crippen molar-refractivity contribution < 1.29 is 0 Å². The summed E-state index contributed by atoms with van der Waals surface area (Å²) in [7, 11) is 0. The summed E-state index contributed by atoms with van der Waals surface area (Å²) in [6.07, 6.45) is 18.4. The van der Waals surface area contributed by atoms with Crippen molar-refractivity contribution in [2.24, 2.45) is 0 Å². The number of hydrogen-bond acceptors (Lipinski definition) is 1. The average Bonchev–Trinajstić information content (AvgIpc) is 2.66. The Balaban J connectivity index is 1.74. The van der Waals surface area contributed by atoms with Gasteiger partial charge < -0.3 is 4.90 Å². The minimum Gasteiger partial charge on any atom is -0.304 e. The smallest absolute Gasteiger partial charge is 0.00190 e. The van der Waals surface area contributed by atoms with Crippen molar-refractivity contribution in [2.45, 2.75) is 97.3 Å². The first-order valence-corrected chi connectivity index (χ1v) is 11.1. The minimum atomic E-state index is 1.21. The van der Waals surface area contributed by atoms with Crippen molar-refractivity contribution in [3.8, 4) is 0 Å². The van der Waals surface area contributed by atoms with Gasteiger partial charge in [-0.2, -0.15) is 0 Å². The molecular weight excluding hydrogens is 302 g/mol. The van der Waals surface area contributed by atoms with Gasteiger partial charge in [0.05, 0.1) is 0 Å². The van der Waals surface area contributed by atoms with Crippen LogP contribution in [0.1, 0.15) is 96.5 Å². The van der Waals surface area contributed by atoms with E-state index in [0.29, 0.717) is 0 Å². The molecule has 0 N–H and O–H groups in total. The van der Waals surface area contributed by atoms with Crippen LogP contribution in [0.15, 0.2) is 30.3 Å². The highest BCUT2D eigenvalue weighted by Gasteiger charge is 1.98. The summed E-state index contributed by atoms with van der Waals surface area (Å²) in [6, 6.07) is 10.9. The van der Waals surface area contributed by atoms with Gasteiger partial charge in [0.25, 0.3) is 0 Å². The van der Waals surface area contributed by atoms with Crippen molar-refractivity contribution in [2.75, 3.05) is 19.6 Å². The van der Waals surface area contributed by atoms with Crippen LogP contribution in [0.2, 0.25) is 0 Å². The topological polar surface area (TPSA) is 3.24 Å². The molecule has 1 nitrogen and oxygen atoms in total. The lowest BCUT2D eigenvalue weighted by molar-refractivity contribution is 0.295. The molecule has 0 aliphatic rings. The van der Waals surface area contributed by atoms with Crippen LogP contribution in [0, 0.1) is 0 Å². The van der Waals surface area contributed by atoms with E-state index in [1.54, 1.807) is 0 Å². The van der Waals surface area contributed by atoms with Crippen molar-refractivity contribution in [3.05, 3.63) is 35.9 Å². The van der Waals surface area contributed by atoms with E-state index in [1.165, 1.54) is 109 Å². The summed E-state index contributed by atoms with van der Waals surface area (Å²) < 4.78 is 0. The molecular formula is C24H43N. The first-order valence-electron chi connectivity index (χ1n) is 11.1. The SMILES string of the molecule is CCN(CC)CCCCCCCCCCCCCCc1ccccc1. The van der Waals surface area contributed by atoms with Gasteiger partial charge in [0, 0.05) is 0 Å². The van der Waals surface area contributed by atoms with E-state index in [9.17, 15) is 0 Å². The van der Waals surface area contributed by atoms with E-state index >= 15 is 0 Å². The molecule has 0 radical (unpaired) electrons. The van der Waals surface area contributed by atoms with Gasteiger partial charge in [0.15, 0.2) is 0 Å². The maximum Gasteiger partial charge on any atom is -0.00190 e. The average molecular weight is 346 g/mol. The largest absolute Gasteiger partial charge is 0.304 e. The third kappa shape index (κ3) is 13.1. The van der Waals surface area contributed by atoms with Gasteiger partial charge in [-0.3, -0.25) is 0 Å². The normalized spacial score (nSPS) is 11.3. The lowest BCUT2D eigenvalue weighted by atomic mass is 10.0. The second-order valence-corrected chi connectivity index (χ2v) is 7.51. The highest BCUT2D eigenvalue weighted by Crippen LogP contribution is 2.13. The van der Waals surface area contributed by atoms with E-state index in [0.717, 1.165) is 0 Å². The predicted octanol–water partition coefficient (Wildman–Crippen LogP) is 7.25. The number of benzene rings is 1. The van der Waals surface area contributed by atoms with Gasteiger partial charge in [-0.25, -0.2) is 0 Å². The third-order valence-corrected chi connectivity index (χ3v) is 5.43. The Labute approximate surface area is 158 Å². The molecule has 1 aromatic rings. The van der Waals surface area contributed by atoms with E-state index < -0.39 is 0 Å². The van der Waals surface area contributed by atoms with Crippen LogP contribution in [0.25, 0.3) is 0 Å². The lowest BCUT2D eigenvalue weighted by Crippen LogP contribution is -2.23. The molecule has 0 unspecified atom stereocenters. The molecule has 0 aromatic heterocycles. The zero-order valence-corrected chi connectivity index (χ0v) is 17.1. The van der Waals surface area contributed by atoms with Gasteiger partial charge in [-0.1, -0.05) is 108 Å². The van der Waals surface area contributed by atoms with E-state index in [1.807, 2.05) is 0 Å². The Morgan fingerprint density at radius 3 is 1.48 bits per heavy atom. The van der Waals surface area contributed by atoms with Crippen LogP contribution in [-0.4, -0.2) is 24.5 Å². The summed E-state index contributed by atoms with van der Waals surface area (Å²) in [5.74, 6) is 0. The molecule has 0 heterocycles. The second-order valence-electron chi connectivity index (χ2n) is 7.51. The molecule has 1 rings (SSSR count). The van der Waals surface area contributed by atoms with Crippen molar-refractivity contribution in [1.82, 2.24) is 4.90 Å². The van der Waals surface area contributed by atoms with Crippen molar-refractivity contribution in [1.29, 1.82) is 0 Å². The fourth-order valence-corrected chi connectivity index (χ4v) is 3.62. The molecule has 0 fully saturated rings. The fourth-order valence-electron chi connectivity index (χ4n) is 3.62. The maximum absolute atomic E-state index is 2.54. The standard InChI is InChI=1S/C24H43N/c1-3-25(4-2)23-19-14-12-10-8-6-5-7-9-11-13-16-20-24-21-17-15-18-22-24/h15,17-18,21-22H,3-14,16,19-20,23H2,1-2H3. The molecule has 0 atom stereocenters. The van der Waals surface area contributed by atoms with Gasteiger partial charge in [-0.05, 0) is 44.5 Å². The minimum absolute atomic E-state index is 1.21. The first-order chi connectivity index (χ1) is 12.4. The van der Waals surface area contributed by atoms with E-state index in [2.05, 4.69) is 49.1 Å². The molecule has 0 saturated carbocycles. The Morgan fingerprint density at radius 2 is 1.00 bits per heavy atom. The summed E-state index contributed by atoms with van der Waals surface area (Å²) in [6.45, 7) is 8.27. The fraction of sp³-hybridized carbons (Fsp3) is 0.750. The van der Waals surface area contributed by atoms with Crippen LogP contribution >= 0.6 is 0 Å². The summed E-state index contributed by atoms with van der Waals surface area (Å²) in [4.78, 5) is 2.54. The molecule has 144 valence electrons. The van der Waals surface area contributed by atoms with Gasteiger partial charge in [-0.15, -0.1) is 0 Å². The van der Waals surface area contributed by atoms with Crippen molar-refractivity contribution in [3.63, 3.8) is 0 Å². The van der Waals surface area contributed by atoms with E-state index in [4.69, 9.17) is 0 Å². The molecule has 0 aliphatic carbocycles. The zero-order valence-electron chi connectivity index (χ0n) is 17.1. The predicted molar refractivity (Wildman–Crippen MR) is 113 cm³/mol. The summed E-state index contributed by atoms with van der Waals surface area (Å²) in [5.41, 5.74) is 1.50. The quantitative estimate of drug-likeness (QED) is 0.269. The van der Waals surface area contributed by atoms with Crippen LogP contribution in [-0.2, 0) is 6.42 Å². The second kappa shape index (κ2) is 16.6. The number of aryl methyl sites for hydroxylation is 1. The zero-order chi connectivity index (χ0) is 18.0. The number of unbranched alkanes of at least 4 members (excludes halogenated alkanes) is 11.